The smallest absolute Gasteiger partial charge is 0.269 e. The summed E-state index contributed by atoms with van der Waals surface area (Å²) in [4.78, 5) is 28.9. The molecule has 0 unspecified atom stereocenters. The molecule has 0 fully saturated rings. The van der Waals surface area contributed by atoms with Crippen LogP contribution in [0.3, 0.4) is 0 Å². The summed E-state index contributed by atoms with van der Waals surface area (Å²) < 4.78 is 5.66. The highest BCUT2D eigenvalue weighted by Crippen LogP contribution is 2.39. The topological polar surface area (TPSA) is 94.4 Å². The summed E-state index contributed by atoms with van der Waals surface area (Å²) in [6, 6.07) is 22.9. The van der Waals surface area contributed by atoms with Gasteiger partial charge in [0.15, 0.2) is 5.13 Å². The number of unbranched alkanes of at least 4 members (excludes halogenated alkanes) is 1. The number of ether oxygens (including phenoxy) is 1. The number of nitrogens with one attached hydrogen (secondary N) is 1. The van der Waals surface area contributed by atoms with E-state index in [9.17, 15) is 14.9 Å². The van der Waals surface area contributed by atoms with E-state index in [1.54, 1.807) is 36.4 Å². The van der Waals surface area contributed by atoms with E-state index in [0.717, 1.165) is 34.6 Å². The van der Waals surface area contributed by atoms with Crippen molar-refractivity contribution in [1.82, 2.24) is 4.98 Å². The zero-order valence-electron chi connectivity index (χ0n) is 18.6. The molecule has 0 aliphatic carbocycles. The lowest BCUT2D eigenvalue weighted by Crippen LogP contribution is -2.11. The molecule has 0 atom stereocenters. The molecular weight excluding hydrogens is 450 g/mol. The molecule has 0 spiro atoms. The molecule has 7 nitrogen and oxygen atoms in total. The minimum Gasteiger partial charge on any atom is -0.494 e. The zero-order chi connectivity index (χ0) is 23.9. The standard InChI is InChI=1S/C26H23N3O4S/c1-2-3-17-33-22-15-11-20(12-16-22)25(30)28-26-27-23(18-7-5-4-6-8-18)24(34-26)19-9-13-21(14-10-19)29(31)32/h4-16H,2-3,17H2,1H3,(H,27,28,30). The number of thiazole rings is 1. The first-order valence-electron chi connectivity index (χ1n) is 10.9. The molecule has 3 aromatic carbocycles. The van der Waals surface area contributed by atoms with E-state index in [1.807, 2.05) is 30.3 Å². The number of anilines is 1. The summed E-state index contributed by atoms with van der Waals surface area (Å²) in [5.41, 5.74) is 2.90. The number of carbonyl (C=O) groups is 1. The van der Waals surface area contributed by atoms with Gasteiger partial charge in [0.25, 0.3) is 11.6 Å². The number of rotatable bonds is 9. The molecule has 34 heavy (non-hydrogen) atoms. The maximum atomic E-state index is 12.8. The highest BCUT2D eigenvalue weighted by atomic mass is 32.1. The van der Waals surface area contributed by atoms with Crippen LogP contribution in [0.1, 0.15) is 30.1 Å². The average Bonchev–Trinajstić information content (AvgIpc) is 3.29. The molecule has 0 aliphatic rings. The van der Waals surface area contributed by atoms with E-state index in [-0.39, 0.29) is 11.6 Å². The normalized spacial score (nSPS) is 10.6. The highest BCUT2D eigenvalue weighted by Gasteiger charge is 2.18. The average molecular weight is 474 g/mol. The number of amides is 1. The van der Waals surface area contributed by atoms with Gasteiger partial charge in [0.2, 0.25) is 0 Å². The summed E-state index contributed by atoms with van der Waals surface area (Å²) in [6.45, 7) is 2.75. The summed E-state index contributed by atoms with van der Waals surface area (Å²) in [5, 5.41) is 14.3. The van der Waals surface area contributed by atoms with E-state index in [4.69, 9.17) is 4.74 Å². The van der Waals surface area contributed by atoms with Gasteiger partial charge in [-0.05, 0) is 48.4 Å². The van der Waals surface area contributed by atoms with Crippen molar-refractivity contribution < 1.29 is 14.5 Å². The van der Waals surface area contributed by atoms with Crippen molar-refractivity contribution in [3.63, 3.8) is 0 Å². The predicted octanol–water partition coefficient (Wildman–Crippen LogP) is 6.82. The second kappa shape index (κ2) is 10.7. The van der Waals surface area contributed by atoms with Crippen molar-refractivity contribution in [3.8, 4) is 27.4 Å². The highest BCUT2D eigenvalue weighted by molar-refractivity contribution is 7.19. The summed E-state index contributed by atoms with van der Waals surface area (Å²) in [5.74, 6) is 0.454. The van der Waals surface area contributed by atoms with Crippen LogP contribution in [0.25, 0.3) is 21.7 Å². The first kappa shape index (κ1) is 23.1. The van der Waals surface area contributed by atoms with Crippen LogP contribution in [0, 0.1) is 10.1 Å². The number of benzene rings is 3. The van der Waals surface area contributed by atoms with Crippen LogP contribution < -0.4 is 10.1 Å². The van der Waals surface area contributed by atoms with Crippen LogP contribution in [-0.4, -0.2) is 22.4 Å². The molecule has 1 N–H and O–H groups in total. The number of carbonyl (C=O) groups excluding carboxylic acids is 1. The van der Waals surface area contributed by atoms with Crippen LogP contribution in [0.2, 0.25) is 0 Å². The fourth-order valence-electron chi connectivity index (χ4n) is 3.30. The number of nitro benzene ring substituents is 1. The number of nitro groups is 1. The minimum absolute atomic E-state index is 0.0187. The van der Waals surface area contributed by atoms with Crippen molar-refractivity contribution in [1.29, 1.82) is 0 Å². The van der Waals surface area contributed by atoms with E-state index < -0.39 is 4.92 Å². The quantitative estimate of drug-likeness (QED) is 0.164. The largest absolute Gasteiger partial charge is 0.494 e. The molecule has 0 saturated heterocycles. The Kier molecular flexibility index (Phi) is 7.29. The molecule has 172 valence electrons. The van der Waals surface area contributed by atoms with Crippen molar-refractivity contribution in [2.75, 3.05) is 11.9 Å². The number of non-ortho nitro benzene ring substituents is 1. The Hall–Kier alpha value is -4.04. The van der Waals surface area contributed by atoms with Gasteiger partial charge in [-0.1, -0.05) is 55.0 Å². The lowest BCUT2D eigenvalue weighted by molar-refractivity contribution is -0.384. The van der Waals surface area contributed by atoms with Crippen LogP contribution in [0.15, 0.2) is 78.9 Å². The van der Waals surface area contributed by atoms with Gasteiger partial charge in [-0.25, -0.2) is 4.98 Å². The van der Waals surface area contributed by atoms with E-state index in [0.29, 0.717) is 23.0 Å². The molecule has 4 rings (SSSR count). The third-order valence-corrected chi connectivity index (χ3v) is 6.14. The summed E-state index contributed by atoms with van der Waals surface area (Å²) in [6.07, 6.45) is 2.04. The molecule has 8 heteroatoms. The van der Waals surface area contributed by atoms with Gasteiger partial charge in [0.05, 0.1) is 22.1 Å². The zero-order valence-corrected chi connectivity index (χ0v) is 19.4. The minimum atomic E-state index is -0.430. The van der Waals surface area contributed by atoms with Gasteiger partial charge in [-0.3, -0.25) is 20.2 Å². The van der Waals surface area contributed by atoms with Crippen LogP contribution in [0.5, 0.6) is 5.75 Å². The fraction of sp³-hybridized carbons (Fsp3) is 0.154. The van der Waals surface area contributed by atoms with Gasteiger partial charge < -0.3 is 4.74 Å². The summed E-state index contributed by atoms with van der Waals surface area (Å²) >= 11 is 1.32. The molecule has 0 radical (unpaired) electrons. The predicted molar refractivity (Wildman–Crippen MR) is 134 cm³/mol. The number of hydrogen-bond donors (Lipinski definition) is 1. The molecule has 1 aromatic heterocycles. The van der Waals surface area contributed by atoms with Crippen LogP contribution in [0.4, 0.5) is 10.8 Å². The molecular formula is C26H23N3O4S. The van der Waals surface area contributed by atoms with Crippen LogP contribution >= 0.6 is 11.3 Å². The second-order valence-corrected chi connectivity index (χ2v) is 8.55. The number of hydrogen-bond acceptors (Lipinski definition) is 6. The van der Waals surface area contributed by atoms with Crippen molar-refractivity contribution in [2.45, 2.75) is 19.8 Å². The Morgan fingerprint density at radius 2 is 1.71 bits per heavy atom. The lowest BCUT2D eigenvalue weighted by Gasteiger charge is -2.06. The Labute approximate surface area is 201 Å². The van der Waals surface area contributed by atoms with E-state index in [2.05, 4.69) is 17.2 Å². The lowest BCUT2D eigenvalue weighted by atomic mass is 10.1. The third kappa shape index (κ3) is 5.47. The molecule has 1 heterocycles. The Balaban J connectivity index is 1.59. The second-order valence-electron chi connectivity index (χ2n) is 7.55. The molecule has 0 bridgehead atoms. The Bertz CT molecular complexity index is 1270. The summed E-state index contributed by atoms with van der Waals surface area (Å²) in [7, 11) is 0. The number of aromatic nitrogens is 1. The SMILES string of the molecule is CCCCOc1ccc(C(=O)Nc2nc(-c3ccccc3)c(-c3ccc([N+](=O)[O-])cc3)s2)cc1. The van der Waals surface area contributed by atoms with Gasteiger partial charge in [0.1, 0.15) is 5.75 Å². The molecule has 0 saturated carbocycles. The molecule has 1 amide bonds. The van der Waals surface area contributed by atoms with Gasteiger partial charge in [-0.15, -0.1) is 0 Å². The van der Waals surface area contributed by atoms with Crippen molar-refractivity contribution in [3.05, 3.63) is 94.5 Å². The van der Waals surface area contributed by atoms with Crippen LogP contribution in [-0.2, 0) is 0 Å². The van der Waals surface area contributed by atoms with Crippen molar-refractivity contribution >= 4 is 28.1 Å². The third-order valence-electron chi connectivity index (χ3n) is 5.12. The monoisotopic (exact) mass is 473 g/mol. The molecule has 4 aromatic rings. The maximum Gasteiger partial charge on any atom is 0.269 e. The van der Waals surface area contributed by atoms with E-state index >= 15 is 0 Å². The Morgan fingerprint density at radius 1 is 1.00 bits per heavy atom. The van der Waals surface area contributed by atoms with Gasteiger partial charge >= 0.3 is 0 Å². The first-order valence-corrected chi connectivity index (χ1v) is 11.7. The van der Waals surface area contributed by atoms with Gasteiger partial charge in [-0.2, -0.15) is 0 Å². The number of nitrogens with zero attached hydrogens (tertiary/aromatic N) is 2. The van der Waals surface area contributed by atoms with Crippen molar-refractivity contribution in [2.24, 2.45) is 0 Å². The fourth-order valence-corrected chi connectivity index (χ4v) is 4.29. The Morgan fingerprint density at radius 3 is 2.35 bits per heavy atom. The maximum absolute atomic E-state index is 12.8. The first-order chi connectivity index (χ1) is 16.5. The van der Waals surface area contributed by atoms with Gasteiger partial charge in [0, 0.05) is 23.3 Å². The van der Waals surface area contributed by atoms with E-state index in [1.165, 1.54) is 23.5 Å². The molecule has 0 aliphatic heterocycles.